The summed E-state index contributed by atoms with van der Waals surface area (Å²) in [5.41, 5.74) is 3.12. The van der Waals surface area contributed by atoms with E-state index in [2.05, 4.69) is 50.3 Å². The molecular formula is C16H24. The summed E-state index contributed by atoms with van der Waals surface area (Å²) in [4.78, 5) is 0. The van der Waals surface area contributed by atoms with Crippen LogP contribution in [-0.4, -0.2) is 0 Å². The third-order valence-electron chi connectivity index (χ3n) is 2.87. The van der Waals surface area contributed by atoms with Crippen molar-refractivity contribution in [3.05, 3.63) is 47.5 Å². The van der Waals surface area contributed by atoms with Crippen molar-refractivity contribution >= 4 is 0 Å². The maximum absolute atomic E-state index is 2.41. The minimum atomic E-state index is 1.18. The first-order chi connectivity index (χ1) is 7.86. The Labute approximate surface area is 100 Å². The Kier molecular flexibility index (Phi) is 6.64. The van der Waals surface area contributed by atoms with Gasteiger partial charge >= 0.3 is 0 Å². The lowest BCUT2D eigenvalue weighted by molar-refractivity contribution is 0.753. The average molecular weight is 216 g/mol. The van der Waals surface area contributed by atoms with Crippen LogP contribution in [0.4, 0.5) is 0 Å². The fourth-order valence-corrected chi connectivity index (χ4v) is 2.10. The first-order valence-electron chi connectivity index (χ1n) is 6.58. The Morgan fingerprint density at radius 2 is 1.81 bits per heavy atom. The molecule has 0 amide bonds. The normalized spacial score (nSPS) is 11.8. The standard InChI is InChI=1S/C16H24/c1-3-9-15(10-4-2)13-8-14-16-11-6-5-7-12-16/h5-7,9,11-12H,3-4,8,10,13-14H2,1-2H3/b15-9+. The molecule has 0 radical (unpaired) electrons. The maximum Gasteiger partial charge on any atom is -0.0276 e. The molecule has 0 aliphatic heterocycles. The largest absolute Gasteiger partial charge is 0.0856 e. The zero-order chi connectivity index (χ0) is 11.6. The fourth-order valence-electron chi connectivity index (χ4n) is 2.10. The fraction of sp³-hybridized carbons (Fsp3) is 0.500. The lowest BCUT2D eigenvalue weighted by Crippen LogP contribution is -1.89. The Balaban J connectivity index is 2.31. The van der Waals surface area contributed by atoms with Gasteiger partial charge in [-0.1, -0.05) is 62.2 Å². The second-order valence-corrected chi connectivity index (χ2v) is 4.36. The van der Waals surface area contributed by atoms with Gasteiger partial charge in [0.2, 0.25) is 0 Å². The maximum atomic E-state index is 2.41. The Bertz CT molecular complexity index is 295. The molecule has 0 aliphatic rings. The van der Waals surface area contributed by atoms with Gasteiger partial charge in [0.25, 0.3) is 0 Å². The van der Waals surface area contributed by atoms with E-state index in [-0.39, 0.29) is 0 Å². The number of aryl methyl sites for hydroxylation is 1. The van der Waals surface area contributed by atoms with Gasteiger partial charge in [0.15, 0.2) is 0 Å². The second kappa shape index (κ2) is 8.15. The van der Waals surface area contributed by atoms with Crippen molar-refractivity contribution in [2.75, 3.05) is 0 Å². The van der Waals surface area contributed by atoms with Crippen LogP contribution >= 0.6 is 0 Å². The lowest BCUT2D eigenvalue weighted by Gasteiger charge is -2.06. The molecule has 0 aliphatic carbocycles. The van der Waals surface area contributed by atoms with Crippen LogP contribution in [0.2, 0.25) is 0 Å². The molecule has 0 N–H and O–H groups in total. The van der Waals surface area contributed by atoms with Gasteiger partial charge in [0.1, 0.15) is 0 Å². The minimum absolute atomic E-state index is 1.18. The summed E-state index contributed by atoms with van der Waals surface area (Å²) >= 11 is 0. The van der Waals surface area contributed by atoms with Crippen LogP contribution in [0, 0.1) is 0 Å². The van der Waals surface area contributed by atoms with E-state index in [9.17, 15) is 0 Å². The number of benzene rings is 1. The van der Waals surface area contributed by atoms with Gasteiger partial charge in [-0.05, 0) is 37.7 Å². The molecule has 0 unspecified atom stereocenters. The molecule has 0 saturated heterocycles. The van der Waals surface area contributed by atoms with E-state index in [0.717, 1.165) is 0 Å². The summed E-state index contributed by atoms with van der Waals surface area (Å²) in [5, 5.41) is 0. The third kappa shape index (κ3) is 5.16. The highest BCUT2D eigenvalue weighted by Crippen LogP contribution is 2.15. The first kappa shape index (κ1) is 13.0. The van der Waals surface area contributed by atoms with E-state index in [1.807, 2.05) is 0 Å². The third-order valence-corrected chi connectivity index (χ3v) is 2.87. The lowest BCUT2D eigenvalue weighted by atomic mass is 10.0. The summed E-state index contributed by atoms with van der Waals surface area (Å²) in [6.45, 7) is 4.49. The van der Waals surface area contributed by atoms with Gasteiger partial charge in [-0.3, -0.25) is 0 Å². The first-order valence-corrected chi connectivity index (χ1v) is 6.58. The zero-order valence-corrected chi connectivity index (χ0v) is 10.7. The van der Waals surface area contributed by atoms with Gasteiger partial charge in [0.05, 0.1) is 0 Å². The molecule has 88 valence electrons. The highest BCUT2D eigenvalue weighted by atomic mass is 14.0. The summed E-state index contributed by atoms with van der Waals surface area (Å²) in [5.74, 6) is 0. The Morgan fingerprint density at radius 3 is 2.44 bits per heavy atom. The molecule has 0 nitrogen and oxygen atoms in total. The van der Waals surface area contributed by atoms with E-state index in [4.69, 9.17) is 0 Å². The molecule has 0 heterocycles. The van der Waals surface area contributed by atoms with Crippen molar-refractivity contribution in [2.45, 2.75) is 52.4 Å². The number of rotatable bonds is 7. The van der Waals surface area contributed by atoms with Crippen molar-refractivity contribution in [2.24, 2.45) is 0 Å². The minimum Gasteiger partial charge on any atom is -0.0856 e. The van der Waals surface area contributed by atoms with E-state index < -0.39 is 0 Å². The monoisotopic (exact) mass is 216 g/mol. The van der Waals surface area contributed by atoms with Crippen molar-refractivity contribution in [3.8, 4) is 0 Å². The SMILES string of the molecule is CC/C=C(\CCC)CCCc1ccccc1. The van der Waals surface area contributed by atoms with Crippen molar-refractivity contribution in [1.29, 1.82) is 0 Å². The van der Waals surface area contributed by atoms with E-state index in [0.29, 0.717) is 0 Å². The van der Waals surface area contributed by atoms with Crippen LogP contribution in [-0.2, 0) is 6.42 Å². The summed E-state index contributed by atoms with van der Waals surface area (Å²) in [7, 11) is 0. The van der Waals surface area contributed by atoms with E-state index in [1.165, 1.54) is 44.1 Å². The summed E-state index contributed by atoms with van der Waals surface area (Å²) in [6, 6.07) is 10.8. The molecule has 0 aromatic heterocycles. The van der Waals surface area contributed by atoms with Crippen LogP contribution in [0.25, 0.3) is 0 Å². The van der Waals surface area contributed by atoms with Crippen LogP contribution in [0.1, 0.15) is 51.5 Å². The molecule has 16 heavy (non-hydrogen) atoms. The molecule has 0 atom stereocenters. The highest BCUT2D eigenvalue weighted by Gasteiger charge is 1.97. The molecule has 0 heteroatoms. The molecule has 1 rings (SSSR count). The molecule has 0 bridgehead atoms. The molecule has 0 spiro atoms. The Hall–Kier alpha value is -1.04. The molecule has 0 fully saturated rings. The highest BCUT2D eigenvalue weighted by molar-refractivity contribution is 5.15. The van der Waals surface area contributed by atoms with Gasteiger partial charge in [-0.25, -0.2) is 0 Å². The molecule has 1 aromatic rings. The van der Waals surface area contributed by atoms with Crippen molar-refractivity contribution in [1.82, 2.24) is 0 Å². The molecule has 1 aromatic carbocycles. The average Bonchev–Trinajstić information content (AvgIpc) is 2.31. The van der Waals surface area contributed by atoms with E-state index >= 15 is 0 Å². The van der Waals surface area contributed by atoms with E-state index in [1.54, 1.807) is 5.57 Å². The topological polar surface area (TPSA) is 0 Å². The summed E-state index contributed by atoms with van der Waals surface area (Å²) in [6.07, 6.45) is 9.92. The van der Waals surface area contributed by atoms with Crippen LogP contribution in [0.3, 0.4) is 0 Å². The van der Waals surface area contributed by atoms with Crippen LogP contribution in [0.5, 0.6) is 0 Å². The zero-order valence-electron chi connectivity index (χ0n) is 10.7. The van der Waals surface area contributed by atoms with Gasteiger partial charge < -0.3 is 0 Å². The quantitative estimate of drug-likeness (QED) is 0.553. The number of hydrogen-bond acceptors (Lipinski definition) is 0. The van der Waals surface area contributed by atoms with Crippen LogP contribution in [0.15, 0.2) is 42.0 Å². The number of hydrogen-bond donors (Lipinski definition) is 0. The molecular weight excluding hydrogens is 192 g/mol. The van der Waals surface area contributed by atoms with Gasteiger partial charge in [-0.15, -0.1) is 0 Å². The van der Waals surface area contributed by atoms with Gasteiger partial charge in [0, 0.05) is 0 Å². The summed E-state index contributed by atoms with van der Waals surface area (Å²) < 4.78 is 0. The van der Waals surface area contributed by atoms with Crippen molar-refractivity contribution in [3.63, 3.8) is 0 Å². The Morgan fingerprint density at radius 1 is 1.06 bits per heavy atom. The van der Waals surface area contributed by atoms with Crippen molar-refractivity contribution < 1.29 is 0 Å². The molecule has 0 saturated carbocycles. The van der Waals surface area contributed by atoms with Crippen LogP contribution < -0.4 is 0 Å². The smallest absolute Gasteiger partial charge is 0.0276 e. The predicted molar refractivity (Wildman–Crippen MR) is 72.7 cm³/mol. The second-order valence-electron chi connectivity index (χ2n) is 4.36. The van der Waals surface area contributed by atoms with Gasteiger partial charge in [-0.2, -0.15) is 0 Å². The predicted octanol–water partition coefficient (Wildman–Crippen LogP) is 5.15. The number of allylic oxidation sites excluding steroid dienone is 2.